The molecule has 0 saturated heterocycles. The molecule has 0 radical (unpaired) electrons. The van der Waals surface area contributed by atoms with E-state index in [9.17, 15) is 9.59 Å². The fraction of sp³-hybridized carbons (Fsp3) is 0.429. The highest BCUT2D eigenvalue weighted by Crippen LogP contribution is 2.33. The summed E-state index contributed by atoms with van der Waals surface area (Å²) >= 11 is 1.52. The summed E-state index contributed by atoms with van der Waals surface area (Å²) in [6.45, 7) is 2.21. The first-order valence-corrected chi connectivity index (χ1v) is 10.3. The third-order valence-corrected chi connectivity index (χ3v) is 6.38. The van der Waals surface area contributed by atoms with E-state index in [0.717, 1.165) is 12.8 Å². The molecule has 3 rings (SSSR count). The van der Waals surface area contributed by atoms with Gasteiger partial charge in [-0.15, -0.1) is 11.3 Å². The van der Waals surface area contributed by atoms with Gasteiger partial charge in [-0.3, -0.25) is 20.4 Å². The summed E-state index contributed by atoms with van der Waals surface area (Å²) in [4.78, 5) is 26.6. The number of carbonyl (C=O) groups is 2. The van der Waals surface area contributed by atoms with Crippen LogP contribution in [0.15, 0.2) is 24.3 Å². The number of benzene rings is 1. The molecule has 2 aromatic rings. The number of hydrazine groups is 1. The number of nitrogens with one attached hydrogen (secondary N) is 2. The standard InChI is InChI=1S/C21H26N2O4S/c1-4-13-5-8-18-15(9-13)10-19(28-18)21(25)23-22-20(24)11-14-6-7-16(26-2)12-17(14)27-3/h6-7,10,12-13H,4-5,8-9,11H2,1-3H3,(H,22,24)(H,23,25)/t13-/m0/s1. The Balaban J connectivity index is 1.56. The molecule has 1 aromatic heterocycles. The van der Waals surface area contributed by atoms with E-state index >= 15 is 0 Å². The molecular formula is C21H26N2O4S. The maximum Gasteiger partial charge on any atom is 0.279 e. The predicted molar refractivity (Wildman–Crippen MR) is 109 cm³/mol. The van der Waals surface area contributed by atoms with Gasteiger partial charge in [-0.1, -0.05) is 19.4 Å². The number of thiophene rings is 1. The van der Waals surface area contributed by atoms with Crippen LogP contribution in [-0.4, -0.2) is 26.0 Å². The lowest BCUT2D eigenvalue weighted by Crippen LogP contribution is -2.42. The molecule has 1 aliphatic rings. The first-order chi connectivity index (χ1) is 13.5. The molecule has 150 valence electrons. The zero-order valence-electron chi connectivity index (χ0n) is 16.5. The average molecular weight is 403 g/mol. The lowest BCUT2D eigenvalue weighted by atomic mass is 9.87. The van der Waals surface area contributed by atoms with Crippen molar-refractivity contribution in [3.05, 3.63) is 45.1 Å². The number of aryl methyl sites for hydroxylation is 1. The number of methoxy groups -OCH3 is 2. The van der Waals surface area contributed by atoms with Crippen molar-refractivity contribution in [2.24, 2.45) is 5.92 Å². The first-order valence-electron chi connectivity index (χ1n) is 9.45. The molecule has 0 saturated carbocycles. The van der Waals surface area contributed by atoms with Crippen LogP contribution in [0.1, 0.15) is 45.4 Å². The average Bonchev–Trinajstić information content (AvgIpc) is 3.15. The molecule has 2 amide bonds. The molecule has 2 N–H and O–H groups in total. The van der Waals surface area contributed by atoms with Crippen molar-refractivity contribution >= 4 is 23.2 Å². The van der Waals surface area contributed by atoms with E-state index in [2.05, 4.69) is 17.8 Å². The van der Waals surface area contributed by atoms with Crippen LogP contribution in [0, 0.1) is 5.92 Å². The lowest BCUT2D eigenvalue weighted by Gasteiger charge is -2.19. The van der Waals surface area contributed by atoms with E-state index < -0.39 is 0 Å². The second kappa shape index (κ2) is 9.10. The van der Waals surface area contributed by atoms with Crippen molar-refractivity contribution in [1.82, 2.24) is 10.9 Å². The first kappa shape index (κ1) is 20.2. The van der Waals surface area contributed by atoms with E-state index in [-0.39, 0.29) is 18.2 Å². The van der Waals surface area contributed by atoms with Gasteiger partial charge < -0.3 is 9.47 Å². The van der Waals surface area contributed by atoms with Crippen LogP contribution in [0.3, 0.4) is 0 Å². The number of fused-ring (bicyclic) bond motifs is 1. The predicted octanol–water partition coefficient (Wildman–Crippen LogP) is 3.28. The van der Waals surface area contributed by atoms with Crippen LogP contribution < -0.4 is 20.3 Å². The molecule has 1 atom stereocenters. The molecule has 0 bridgehead atoms. The Bertz CT molecular complexity index is 862. The van der Waals surface area contributed by atoms with Gasteiger partial charge in [-0.05, 0) is 42.9 Å². The minimum Gasteiger partial charge on any atom is -0.497 e. The maximum absolute atomic E-state index is 12.4. The van der Waals surface area contributed by atoms with Gasteiger partial charge in [0.05, 0.1) is 25.5 Å². The van der Waals surface area contributed by atoms with Crippen molar-refractivity contribution in [1.29, 1.82) is 0 Å². The molecule has 7 heteroatoms. The van der Waals surface area contributed by atoms with E-state index in [1.54, 1.807) is 32.4 Å². The third kappa shape index (κ3) is 4.65. The molecular weight excluding hydrogens is 376 g/mol. The summed E-state index contributed by atoms with van der Waals surface area (Å²) < 4.78 is 10.5. The van der Waals surface area contributed by atoms with Gasteiger partial charge >= 0.3 is 0 Å². The number of carbonyl (C=O) groups excluding carboxylic acids is 2. The largest absolute Gasteiger partial charge is 0.497 e. The monoisotopic (exact) mass is 402 g/mol. The van der Waals surface area contributed by atoms with Crippen LogP contribution >= 0.6 is 11.3 Å². The molecule has 0 aliphatic heterocycles. The second-order valence-electron chi connectivity index (χ2n) is 6.93. The van der Waals surface area contributed by atoms with Crippen molar-refractivity contribution in [3.63, 3.8) is 0 Å². The second-order valence-corrected chi connectivity index (χ2v) is 8.07. The fourth-order valence-electron chi connectivity index (χ4n) is 3.46. The molecule has 0 spiro atoms. The van der Waals surface area contributed by atoms with Crippen molar-refractivity contribution in [2.45, 2.75) is 39.0 Å². The molecule has 6 nitrogen and oxygen atoms in total. The lowest BCUT2D eigenvalue weighted by molar-refractivity contribution is -0.121. The smallest absolute Gasteiger partial charge is 0.279 e. The van der Waals surface area contributed by atoms with Gasteiger partial charge in [0.1, 0.15) is 11.5 Å². The number of hydrogen-bond acceptors (Lipinski definition) is 5. The van der Waals surface area contributed by atoms with E-state index in [0.29, 0.717) is 27.9 Å². The Hall–Kier alpha value is -2.54. The molecule has 0 unspecified atom stereocenters. The SMILES string of the molecule is CC[C@H]1CCc2sc(C(=O)NNC(=O)Cc3ccc(OC)cc3OC)cc2C1. The zero-order chi connectivity index (χ0) is 20.1. The van der Waals surface area contributed by atoms with Crippen LogP contribution in [0.2, 0.25) is 0 Å². The summed E-state index contributed by atoms with van der Waals surface area (Å²) in [5.74, 6) is 1.34. The van der Waals surface area contributed by atoms with Crippen LogP contribution in [0.5, 0.6) is 11.5 Å². The van der Waals surface area contributed by atoms with Crippen molar-refractivity contribution < 1.29 is 19.1 Å². The topological polar surface area (TPSA) is 76.7 Å². The summed E-state index contributed by atoms with van der Waals surface area (Å²) in [7, 11) is 3.11. The summed E-state index contributed by atoms with van der Waals surface area (Å²) in [6, 6.07) is 7.23. The molecule has 1 aliphatic carbocycles. The van der Waals surface area contributed by atoms with Gasteiger partial charge in [-0.2, -0.15) is 0 Å². The summed E-state index contributed by atoms with van der Waals surface area (Å²) in [6.07, 6.45) is 4.52. The van der Waals surface area contributed by atoms with Gasteiger partial charge in [-0.25, -0.2) is 0 Å². The highest BCUT2D eigenvalue weighted by molar-refractivity contribution is 7.14. The highest BCUT2D eigenvalue weighted by atomic mass is 32.1. The van der Waals surface area contributed by atoms with Gasteiger partial charge in [0.15, 0.2) is 0 Å². The van der Waals surface area contributed by atoms with Gasteiger partial charge in [0.25, 0.3) is 5.91 Å². The fourth-order valence-corrected chi connectivity index (χ4v) is 4.57. The van der Waals surface area contributed by atoms with E-state index in [1.165, 1.54) is 34.6 Å². The molecule has 0 fully saturated rings. The van der Waals surface area contributed by atoms with E-state index in [4.69, 9.17) is 9.47 Å². The number of hydrogen-bond donors (Lipinski definition) is 2. The minimum absolute atomic E-state index is 0.0898. The quantitative estimate of drug-likeness (QED) is 0.727. The van der Waals surface area contributed by atoms with Crippen LogP contribution in [0.4, 0.5) is 0 Å². The van der Waals surface area contributed by atoms with E-state index in [1.807, 2.05) is 6.07 Å². The zero-order valence-corrected chi connectivity index (χ0v) is 17.3. The molecule has 1 heterocycles. The Morgan fingerprint density at radius 1 is 1.18 bits per heavy atom. The summed E-state index contributed by atoms with van der Waals surface area (Å²) in [5.41, 5.74) is 7.01. The number of amides is 2. The summed E-state index contributed by atoms with van der Waals surface area (Å²) in [5, 5.41) is 0. The van der Waals surface area contributed by atoms with Gasteiger partial charge in [0, 0.05) is 16.5 Å². The highest BCUT2D eigenvalue weighted by Gasteiger charge is 2.22. The maximum atomic E-state index is 12.4. The normalized spacial score (nSPS) is 15.5. The van der Waals surface area contributed by atoms with Gasteiger partial charge in [0.2, 0.25) is 5.91 Å². The molecule has 28 heavy (non-hydrogen) atoms. The number of rotatable bonds is 6. The van der Waals surface area contributed by atoms with Crippen molar-refractivity contribution in [2.75, 3.05) is 14.2 Å². The van der Waals surface area contributed by atoms with Crippen LogP contribution in [-0.2, 0) is 24.1 Å². The Kier molecular flexibility index (Phi) is 6.57. The number of ether oxygens (including phenoxy) is 2. The third-order valence-electron chi connectivity index (χ3n) is 5.15. The van der Waals surface area contributed by atoms with Crippen LogP contribution in [0.25, 0.3) is 0 Å². The minimum atomic E-state index is -0.316. The molecule has 1 aromatic carbocycles. The Labute approximate surface area is 169 Å². The Morgan fingerprint density at radius 3 is 2.71 bits per heavy atom. The Morgan fingerprint density at radius 2 is 2.00 bits per heavy atom. The van der Waals surface area contributed by atoms with Crippen molar-refractivity contribution in [3.8, 4) is 11.5 Å².